The molecule has 25 heavy (non-hydrogen) atoms. The van der Waals surface area contributed by atoms with Crippen molar-refractivity contribution in [1.29, 1.82) is 0 Å². The molecule has 0 aromatic carbocycles. The van der Waals surface area contributed by atoms with E-state index < -0.39 is 9.85 Å². The fourth-order valence-electron chi connectivity index (χ4n) is 1.47. The fourth-order valence-corrected chi connectivity index (χ4v) is 1.47. The number of rotatable bonds is 6. The van der Waals surface area contributed by atoms with E-state index in [1.165, 1.54) is 10.9 Å². The van der Waals surface area contributed by atoms with E-state index in [4.69, 9.17) is 9.47 Å². The molecule has 0 atom stereocenters. The van der Waals surface area contributed by atoms with Crippen LogP contribution in [0.3, 0.4) is 0 Å². The molecule has 2 rings (SSSR count). The third kappa shape index (κ3) is 7.32. The molecule has 2 aromatic heterocycles. The minimum atomic E-state index is -0.547. The number of ether oxygens (including phenoxy) is 2. The van der Waals surface area contributed by atoms with Gasteiger partial charge in [-0.3, -0.25) is 24.9 Å². The Kier molecular flexibility index (Phi) is 10.8. The van der Waals surface area contributed by atoms with Gasteiger partial charge >= 0.3 is 17.3 Å². The number of alkyl halides is 1. The third-order valence-electron chi connectivity index (χ3n) is 2.33. The maximum absolute atomic E-state index is 10.4. The molecule has 0 saturated carbocycles. The van der Waals surface area contributed by atoms with Crippen LogP contribution in [0.2, 0.25) is 0 Å². The molecule has 2 aromatic rings. The lowest BCUT2D eigenvalue weighted by Gasteiger charge is -1.95. The summed E-state index contributed by atoms with van der Waals surface area (Å²) in [6.45, 7) is 4.24. The first-order valence-corrected chi connectivity index (χ1v) is 9.05. The van der Waals surface area contributed by atoms with Gasteiger partial charge in [0, 0.05) is 7.05 Å². The zero-order chi connectivity index (χ0) is 19.4. The molecule has 0 bridgehead atoms. The van der Waals surface area contributed by atoms with Gasteiger partial charge in [0.2, 0.25) is 0 Å². The molecule has 0 amide bonds. The maximum atomic E-state index is 10.4. The second kappa shape index (κ2) is 12.0. The van der Waals surface area contributed by atoms with Crippen molar-refractivity contribution in [2.75, 3.05) is 18.1 Å². The van der Waals surface area contributed by atoms with Crippen molar-refractivity contribution in [3.8, 4) is 11.8 Å². The van der Waals surface area contributed by atoms with E-state index in [9.17, 15) is 20.2 Å². The van der Waals surface area contributed by atoms with Crippen LogP contribution in [-0.4, -0.2) is 48.0 Å². The molecule has 140 valence electrons. The lowest BCUT2D eigenvalue weighted by molar-refractivity contribution is -0.386. The van der Waals surface area contributed by atoms with Gasteiger partial charge in [0.1, 0.15) is 12.4 Å². The summed E-state index contributed by atoms with van der Waals surface area (Å²) < 4.78 is 11.2. The Balaban J connectivity index is 0.000000421. The monoisotopic (exact) mass is 470 g/mol. The van der Waals surface area contributed by atoms with E-state index >= 15 is 0 Å². The quantitative estimate of drug-likeness (QED) is 0.293. The SMILES string of the molecule is CCOc1[nH]ncc1[N+](=O)[O-].CCOc1nn(C)cc1[N+](=O)[O-].CI. The maximum Gasteiger partial charge on any atom is 0.350 e. The van der Waals surface area contributed by atoms with Gasteiger partial charge < -0.3 is 9.47 Å². The molecule has 0 fully saturated rings. The first-order chi connectivity index (χ1) is 11.9. The Bertz CT molecular complexity index is 673. The Morgan fingerprint density at radius 3 is 2.20 bits per heavy atom. The molecule has 0 aliphatic carbocycles. The highest BCUT2D eigenvalue weighted by Gasteiger charge is 2.19. The van der Waals surface area contributed by atoms with Gasteiger partial charge in [-0.05, 0) is 18.8 Å². The minimum absolute atomic E-state index is 0.0741. The zero-order valence-corrected chi connectivity index (χ0v) is 16.3. The van der Waals surface area contributed by atoms with Gasteiger partial charge in [-0.15, -0.1) is 5.10 Å². The summed E-state index contributed by atoms with van der Waals surface area (Å²) in [5.74, 6) is 0.183. The van der Waals surface area contributed by atoms with E-state index in [0.29, 0.717) is 13.2 Å². The van der Waals surface area contributed by atoms with Gasteiger partial charge in [-0.1, -0.05) is 22.6 Å². The second-order valence-corrected chi connectivity index (χ2v) is 3.96. The van der Waals surface area contributed by atoms with Crippen LogP contribution in [0.5, 0.6) is 11.8 Å². The minimum Gasteiger partial charge on any atom is -0.473 e. The summed E-state index contributed by atoms with van der Waals surface area (Å²) in [4.78, 5) is 21.5. The Morgan fingerprint density at radius 2 is 1.72 bits per heavy atom. The average Bonchev–Trinajstić information content (AvgIpc) is 3.17. The molecule has 2 heterocycles. The predicted octanol–water partition coefficient (Wildman–Crippen LogP) is 2.49. The van der Waals surface area contributed by atoms with Crippen LogP contribution in [0.15, 0.2) is 12.4 Å². The van der Waals surface area contributed by atoms with Gasteiger partial charge in [-0.25, -0.2) is 5.10 Å². The van der Waals surface area contributed by atoms with E-state index in [1.54, 1.807) is 20.9 Å². The molecule has 0 spiro atoms. The number of aromatic amines is 1. The molecule has 1 N–H and O–H groups in total. The summed E-state index contributed by atoms with van der Waals surface area (Å²) in [5.41, 5.74) is -0.230. The van der Waals surface area contributed by atoms with Crippen molar-refractivity contribution in [3.05, 3.63) is 32.6 Å². The fraction of sp³-hybridized carbons (Fsp3) is 0.500. The Hall–Kier alpha value is -2.45. The average molecular weight is 470 g/mol. The van der Waals surface area contributed by atoms with Crippen molar-refractivity contribution in [1.82, 2.24) is 20.0 Å². The molecule has 0 saturated heterocycles. The van der Waals surface area contributed by atoms with Crippen molar-refractivity contribution in [3.63, 3.8) is 0 Å². The van der Waals surface area contributed by atoms with Gasteiger partial charge in [0.05, 0.1) is 23.1 Å². The second-order valence-electron chi connectivity index (χ2n) is 3.96. The van der Waals surface area contributed by atoms with E-state index in [1.807, 2.05) is 4.93 Å². The molecule has 12 nitrogen and oxygen atoms in total. The molecular weight excluding hydrogens is 451 g/mol. The molecule has 13 heteroatoms. The summed E-state index contributed by atoms with van der Waals surface area (Å²) in [6, 6.07) is 0. The number of nitro groups is 2. The number of hydrogen-bond acceptors (Lipinski definition) is 8. The molecule has 0 aliphatic rings. The van der Waals surface area contributed by atoms with Gasteiger partial charge in [0.25, 0.3) is 5.88 Å². The molecule has 0 aliphatic heterocycles. The van der Waals surface area contributed by atoms with Gasteiger partial charge in [0.15, 0.2) is 0 Å². The smallest absolute Gasteiger partial charge is 0.350 e. The van der Waals surface area contributed by atoms with Crippen LogP contribution in [0.4, 0.5) is 11.4 Å². The van der Waals surface area contributed by atoms with Crippen molar-refractivity contribution in [2.24, 2.45) is 7.05 Å². The number of aryl methyl sites for hydroxylation is 1. The standard InChI is InChI=1S/C6H9N3O3.C5H7N3O3.CH3I/c1-3-12-6-5(9(10)11)4-8(2)7-6;1-2-11-5-4(8(9)10)3-6-7-5;1-2/h4H,3H2,1-2H3;3H,2H2,1H3,(H,6,7);1H3. The van der Waals surface area contributed by atoms with E-state index in [0.717, 1.165) is 6.20 Å². The lowest BCUT2D eigenvalue weighted by Crippen LogP contribution is -1.96. The number of H-pyrrole nitrogens is 1. The van der Waals surface area contributed by atoms with Crippen molar-refractivity contribution in [2.45, 2.75) is 13.8 Å². The van der Waals surface area contributed by atoms with Crippen LogP contribution in [0, 0.1) is 20.2 Å². The van der Waals surface area contributed by atoms with E-state index in [-0.39, 0.29) is 23.1 Å². The third-order valence-corrected chi connectivity index (χ3v) is 2.33. The molecular formula is C12H19IN6O6. The molecule has 0 radical (unpaired) electrons. The number of hydrogen-bond donors (Lipinski definition) is 1. The molecule has 0 unspecified atom stereocenters. The Labute approximate surface area is 156 Å². The van der Waals surface area contributed by atoms with Crippen LogP contribution in [0.25, 0.3) is 0 Å². The summed E-state index contributed by atoms with van der Waals surface area (Å²) in [5, 5.41) is 30.2. The lowest BCUT2D eigenvalue weighted by atomic mass is 10.5. The Morgan fingerprint density at radius 1 is 1.16 bits per heavy atom. The van der Waals surface area contributed by atoms with E-state index in [2.05, 4.69) is 37.9 Å². The highest BCUT2D eigenvalue weighted by atomic mass is 127. The summed E-state index contributed by atoms with van der Waals surface area (Å²) >= 11 is 2.15. The normalized spacial score (nSPS) is 9.16. The number of halogens is 1. The first-order valence-electron chi connectivity index (χ1n) is 6.89. The summed E-state index contributed by atoms with van der Waals surface area (Å²) in [7, 11) is 1.61. The largest absolute Gasteiger partial charge is 0.473 e. The highest BCUT2D eigenvalue weighted by molar-refractivity contribution is 14.1. The predicted molar refractivity (Wildman–Crippen MR) is 97.4 cm³/mol. The van der Waals surface area contributed by atoms with Crippen LogP contribution in [0.1, 0.15) is 13.8 Å². The number of nitrogens with zero attached hydrogens (tertiary/aromatic N) is 5. The van der Waals surface area contributed by atoms with Gasteiger partial charge in [-0.2, -0.15) is 5.10 Å². The van der Waals surface area contributed by atoms with Crippen molar-refractivity contribution < 1.29 is 19.3 Å². The first kappa shape index (κ1) is 22.6. The van der Waals surface area contributed by atoms with Crippen LogP contribution in [-0.2, 0) is 7.05 Å². The number of aromatic nitrogens is 4. The van der Waals surface area contributed by atoms with Crippen LogP contribution < -0.4 is 9.47 Å². The summed E-state index contributed by atoms with van der Waals surface area (Å²) in [6.07, 6.45) is 2.43. The number of nitrogens with one attached hydrogen (secondary N) is 1. The topological polar surface area (TPSA) is 151 Å². The highest BCUT2D eigenvalue weighted by Crippen LogP contribution is 2.23. The van der Waals surface area contributed by atoms with Crippen molar-refractivity contribution >= 4 is 34.0 Å². The zero-order valence-electron chi connectivity index (χ0n) is 14.1. The van der Waals surface area contributed by atoms with Crippen LogP contribution >= 0.6 is 22.6 Å².